The smallest absolute Gasteiger partial charge is 0.352 e. The number of halogens is 5. The Balaban J connectivity index is 3.88. The first-order valence-corrected chi connectivity index (χ1v) is 2.26. The van der Waals surface area contributed by atoms with Crippen LogP contribution in [0.2, 0.25) is 0 Å². The fourth-order valence-electron chi connectivity index (χ4n) is 0.143. The van der Waals surface area contributed by atoms with Crippen LogP contribution in [-0.2, 0) is 0 Å². The standard InChI is InChI=1S/C3H3ClF4O/c4-3(7,8)1(9)2(5)6/h1-2,9H. The zero-order valence-corrected chi connectivity index (χ0v) is 4.75. The maximum Gasteiger partial charge on any atom is 0.352 e. The van der Waals surface area contributed by atoms with Crippen molar-refractivity contribution in [2.75, 3.05) is 0 Å². The SMILES string of the molecule is OC(C(F)F)C(F)(F)Cl. The molecular weight excluding hydrogens is 163 g/mol. The van der Waals surface area contributed by atoms with Gasteiger partial charge < -0.3 is 5.11 Å². The van der Waals surface area contributed by atoms with Gasteiger partial charge in [0.25, 0.3) is 6.43 Å². The second-order valence-corrected chi connectivity index (χ2v) is 1.82. The van der Waals surface area contributed by atoms with Gasteiger partial charge in [-0.3, -0.25) is 0 Å². The molecular formula is C3H3ClF4O. The van der Waals surface area contributed by atoms with E-state index in [2.05, 4.69) is 11.6 Å². The van der Waals surface area contributed by atoms with Crippen LogP contribution in [0.25, 0.3) is 0 Å². The molecule has 1 unspecified atom stereocenters. The summed E-state index contributed by atoms with van der Waals surface area (Å²) >= 11 is 4.02. The van der Waals surface area contributed by atoms with Crippen LogP contribution in [0.15, 0.2) is 0 Å². The zero-order valence-electron chi connectivity index (χ0n) is 3.99. The van der Waals surface area contributed by atoms with Gasteiger partial charge in [0.15, 0.2) is 6.10 Å². The molecule has 1 N–H and O–H groups in total. The minimum absolute atomic E-state index is 3.08. The van der Waals surface area contributed by atoms with Crippen molar-refractivity contribution in [3.05, 3.63) is 0 Å². The molecule has 0 aliphatic heterocycles. The van der Waals surface area contributed by atoms with Crippen LogP contribution in [0.4, 0.5) is 17.6 Å². The number of aliphatic hydroxyl groups is 1. The van der Waals surface area contributed by atoms with Gasteiger partial charge in [-0.2, -0.15) is 8.78 Å². The summed E-state index contributed by atoms with van der Waals surface area (Å²) in [5, 5.41) is 3.59. The zero-order chi connectivity index (χ0) is 7.65. The first-order chi connectivity index (χ1) is 3.85. The molecule has 0 fully saturated rings. The molecule has 0 heterocycles. The van der Waals surface area contributed by atoms with Gasteiger partial charge in [0.2, 0.25) is 0 Å². The van der Waals surface area contributed by atoms with E-state index in [-0.39, 0.29) is 0 Å². The molecule has 0 bridgehead atoms. The molecule has 0 radical (unpaired) electrons. The van der Waals surface area contributed by atoms with Crippen LogP contribution in [0.1, 0.15) is 0 Å². The molecule has 9 heavy (non-hydrogen) atoms. The second kappa shape index (κ2) is 2.70. The highest BCUT2D eigenvalue weighted by atomic mass is 35.5. The first-order valence-electron chi connectivity index (χ1n) is 1.88. The largest absolute Gasteiger partial charge is 0.380 e. The molecule has 0 aliphatic carbocycles. The molecule has 1 nitrogen and oxygen atoms in total. The van der Waals surface area contributed by atoms with Crippen molar-refractivity contribution < 1.29 is 22.7 Å². The van der Waals surface area contributed by atoms with Crippen molar-refractivity contribution in [1.29, 1.82) is 0 Å². The van der Waals surface area contributed by atoms with Crippen molar-refractivity contribution in [3.63, 3.8) is 0 Å². The van der Waals surface area contributed by atoms with Crippen LogP contribution < -0.4 is 0 Å². The highest BCUT2D eigenvalue weighted by molar-refractivity contribution is 6.22. The van der Waals surface area contributed by atoms with Gasteiger partial charge in [-0.05, 0) is 11.6 Å². The minimum Gasteiger partial charge on any atom is -0.380 e. The molecule has 0 rings (SSSR count). The maximum absolute atomic E-state index is 11.4. The first kappa shape index (κ1) is 8.97. The molecule has 0 aromatic heterocycles. The maximum atomic E-state index is 11.4. The number of hydrogen-bond acceptors (Lipinski definition) is 1. The lowest BCUT2D eigenvalue weighted by Gasteiger charge is -2.13. The van der Waals surface area contributed by atoms with Crippen LogP contribution in [0.3, 0.4) is 0 Å². The molecule has 0 amide bonds. The molecule has 0 saturated heterocycles. The Bertz CT molecular complexity index is 90.3. The van der Waals surface area contributed by atoms with E-state index in [1.54, 1.807) is 0 Å². The third-order valence-electron chi connectivity index (χ3n) is 0.574. The summed E-state index contributed by atoms with van der Waals surface area (Å²) in [6.07, 6.45) is -6.60. The molecule has 0 spiro atoms. The monoisotopic (exact) mass is 166 g/mol. The fraction of sp³-hybridized carbons (Fsp3) is 1.00. The highest BCUT2D eigenvalue weighted by Gasteiger charge is 2.42. The van der Waals surface area contributed by atoms with Crippen molar-refractivity contribution in [3.8, 4) is 0 Å². The lowest BCUT2D eigenvalue weighted by molar-refractivity contribution is -0.114. The lowest BCUT2D eigenvalue weighted by atomic mass is 10.4. The predicted octanol–water partition coefficient (Wildman–Crippen LogP) is 1.44. The van der Waals surface area contributed by atoms with Gasteiger partial charge in [0.05, 0.1) is 0 Å². The van der Waals surface area contributed by atoms with Crippen LogP contribution in [0, 0.1) is 0 Å². The van der Waals surface area contributed by atoms with E-state index in [9.17, 15) is 17.6 Å². The van der Waals surface area contributed by atoms with Gasteiger partial charge in [-0.25, -0.2) is 8.78 Å². The van der Waals surface area contributed by atoms with E-state index in [4.69, 9.17) is 5.11 Å². The lowest BCUT2D eigenvalue weighted by Crippen LogP contribution is -2.33. The molecule has 56 valence electrons. The minimum atomic E-state index is -4.24. The van der Waals surface area contributed by atoms with E-state index in [1.165, 1.54) is 0 Å². The summed E-state index contributed by atoms with van der Waals surface area (Å²) in [7, 11) is 0. The van der Waals surface area contributed by atoms with Crippen LogP contribution in [0.5, 0.6) is 0 Å². The Morgan fingerprint density at radius 3 is 1.67 bits per heavy atom. The Labute approximate surface area is 53.2 Å². The normalized spacial score (nSPS) is 16.3. The Morgan fingerprint density at radius 2 is 1.67 bits per heavy atom. The van der Waals surface area contributed by atoms with E-state index >= 15 is 0 Å². The molecule has 0 aliphatic rings. The number of alkyl halides is 5. The highest BCUT2D eigenvalue weighted by Crippen LogP contribution is 2.26. The van der Waals surface area contributed by atoms with Crippen molar-refractivity contribution >= 4 is 11.6 Å². The van der Waals surface area contributed by atoms with E-state index in [0.29, 0.717) is 0 Å². The molecule has 6 heteroatoms. The van der Waals surface area contributed by atoms with Gasteiger partial charge in [0, 0.05) is 0 Å². The predicted molar refractivity (Wildman–Crippen MR) is 22.8 cm³/mol. The third-order valence-corrected chi connectivity index (χ3v) is 0.798. The quantitative estimate of drug-likeness (QED) is 0.486. The second-order valence-electron chi connectivity index (χ2n) is 1.32. The number of aliphatic hydroxyl groups excluding tert-OH is 1. The van der Waals surface area contributed by atoms with Crippen molar-refractivity contribution in [2.24, 2.45) is 0 Å². The fourth-order valence-corrected chi connectivity index (χ4v) is 0.238. The van der Waals surface area contributed by atoms with Crippen molar-refractivity contribution in [1.82, 2.24) is 0 Å². The van der Waals surface area contributed by atoms with Gasteiger partial charge in [-0.1, -0.05) is 0 Å². The van der Waals surface area contributed by atoms with Gasteiger partial charge in [0.1, 0.15) is 0 Å². The summed E-state index contributed by atoms with van der Waals surface area (Å²) in [4.78, 5) is 0. The topological polar surface area (TPSA) is 20.2 Å². The molecule has 1 atom stereocenters. The molecule has 0 aromatic carbocycles. The van der Waals surface area contributed by atoms with E-state index in [0.717, 1.165) is 0 Å². The average Bonchev–Trinajstić information content (AvgIpc) is 1.62. The van der Waals surface area contributed by atoms with E-state index < -0.39 is 17.9 Å². The summed E-state index contributed by atoms with van der Waals surface area (Å²) in [6.45, 7) is 0. The summed E-state index contributed by atoms with van der Waals surface area (Å²) in [6, 6.07) is 0. The number of hydrogen-bond donors (Lipinski definition) is 1. The van der Waals surface area contributed by atoms with E-state index in [1.807, 2.05) is 0 Å². The summed E-state index contributed by atoms with van der Waals surface area (Å²) in [5.41, 5.74) is 0. The summed E-state index contributed by atoms with van der Waals surface area (Å²) < 4.78 is 45.0. The molecule has 0 saturated carbocycles. The summed E-state index contributed by atoms with van der Waals surface area (Å²) in [5.74, 6) is 0. The van der Waals surface area contributed by atoms with Crippen molar-refractivity contribution in [2.45, 2.75) is 17.9 Å². The Hall–Kier alpha value is -0.0300. The Morgan fingerprint density at radius 1 is 1.33 bits per heavy atom. The third kappa shape index (κ3) is 2.86. The Kier molecular flexibility index (Phi) is 2.69. The van der Waals surface area contributed by atoms with Gasteiger partial charge in [-0.15, -0.1) is 0 Å². The molecule has 0 aromatic rings. The van der Waals surface area contributed by atoms with Gasteiger partial charge >= 0.3 is 5.38 Å². The van der Waals surface area contributed by atoms with Crippen LogP contribution in [-0.4, -0.2) is 23.0 Å². The average molecular weight is 167 g/mol. The number of rotatable bonds is 2. The van der Waals surface area contributed by atoms with Crippen LogP contribution >= 0.6 is 11.6 Å².